The first-order chi connectivity index (χ1) is 15.3. The Morgan fingerprint density at radius 1 is 1.12 bits per heavy atom. The first-order valence-electron chi connectivity index (χ1n) is 10.2. The van der Waals surface area contributed by atoms with E-state index in [2.05, 4.69) is 15.4 Å². The summed E-state index contributed by atoms with van der Waals surface area (Å²) in [5, 5.41) is 7.73. The highest BCUT2D eigenvalue weighted by Crippen LogP contribution is 2.25. The van der Waals surface area contributed by atoms with Crippen LogP contribution in [-0.4, -0.2) is 25.2 Å². The number of imidazole rings is 1. The fraction of sp³-hybridized carbons (Fsp3) is 0.208. The molecule has 1 N–H and O–H groups in total. The topological polar surface area (TPSA) is 64.7 Å². The minimum Gasteiger partial charge on any atom is -0.338 e. The molecule has 0 aliphatic rings. The van der Waals surface area contributed by atoms with Gasteiger partial charge in [0, 0.05) is 19.4 Å². The molecule has 0 spiro atoms. The fourth-order valence-corrected chi connectivity index (χ4v) is 3.91. The van der Waals surface area contributed by atoms with Crippen molar-refractivity contribution in [2.24, 2.45) is 7.05 Å². The highest BCUT2D eigenvalue weighted by atomic mass is 35.5. The van der Waals surface area contributed by atoms with Gasteiger partial charge >= 0.3 is 0 Å². The van der Waals surface area contributed by atoms with E-state index in [1.807, 2.05) is 42.8 Å². The molecule has 164 valence electrons. The molecular formula is C24H23ClFN5O. The first-order valence-corrected chi connectivity index (χ1v) is 10.5. The number of nitrogens with zero attached hydrogens (tertiary/aromatic N) is 4. The lowest BCUT2D eigenvalue weighted by molar-refractivity contribution is 0.0940. The highest BCUT2D eigenvalue weighted by molar-refractivity contribution is 6.33. The number of hydrogen-bond acceptors (Lipinski definition) is 3. The summed E-state index contributed by atoms with van der Waals surface area (Å²) < 4.78 is 16.9. The molecule has 32 heavy (non-hydrogen) atoms. The van der Waals surface area contributed by atoms with Crippen molar-refractivity contribution in [3.63, 3.8) is 0 Å². The summed E-state index contributed by atoms with van der Waals surface area (Å²) in [4.78, 5) is 17.7. The lowest BCUT2D eigenvalue weighted by atomic mass is 10.1. The Morgan fingerprint density at radius 3 is 2.44 bits per heavy atom. The van der Waals surface area contributed by atoms with Crippen LogP contribution in [0.5, 0.6) is 0 Å². The van der Waals surface area contributed by atoms with Crippen LogP contribution in [0.2, 0.25) is 5.15 Å². The normalized spacial score (nSPS) is 12.0. The van der Waals surface area contributed by atoms with Crippen LogP contribution in [0.4, 0.5) is 4.39 Å². The number of aryl methyl sites for hydroxylation is 3. The molecule has 0 aliphatic carbocycles. The maximum absolute atomic E-state index is 13.5. The molecule has 1 atom stereocenters. The summed E-state index contributed by atoms with van der Waals surface area (Å²) in [6.45, 7) is 4.23. The third-order valence-corrected chi connectivity index (χ3v) is 5.72. The number of nitrogens with one attached hydrogen (secondary N) is 1. The molecule has 1 unspecified atom stereocenters. The molecule has 8 heteroatoms. The minimum atomic E-state index is -0.584. The Hall–Kier alpha value is -3.45. The van der Waals surface area contributed by atoms with Gasteiger partial charge in [-0.3, -0.25) is 4.79 Å². The Kier molecular flexibility index (Phi) is 6.10. The fourth-order valence-electron chi connectivity index (χ4n) is 3.59. The molecule has 0 aliphatic heterocycles. The second-order valence-corrected chi connectivity index (χ2v) is 8.11. The molecule has 0 saturated carbocycles. The molecule has 2 aromatic carbocycles. The van der Waals surface area contributed by atoms with E-state index < -0.39 is 6.04 Å². The van der Waals surface area contributed by atoms with Crippen LogP contribution in [0.1, 0.15) is 44.6 Å². The van der Waals surface area contributed by atoms with E-state index in [0.717, 1.165) is 11.1 Å². The number of carbonyl (C=O) groups is 1. The van der Waals surface area contributed by atoms with Crippen molar-refractivity contribution >= 4 is 17.5 Å². The van der Waals surface area contributed by atoms with Crippen LogP contribution in [0.25, 0.3) is 0 Å². The third kappa shape index (κ3) is 4.43. The van der Waals surface area contributed by atoms with E-state index in [9.17, 15) is 9.18 Å². The lowest BCUT2D eigenvalue weighted by Gasteiger charge is -2.19. The zero-order valence-electron chi connectivity index (χ0n) is 18.0. The zero-order chi connectivity index (χ0) is 22.8. The van der Waals surface area contributed by atoms with Gasteiger partial charge in [-0.2, -0.15) is 5.10 Å². The molecule has 0 saturated heterocycles. The van der Waals surface area contributed by atoms with Crippen LogP contribution in [-0.2, 0) is 13.6 Å². The van der Waals surface area contributed by atoms with E-state index in [-0.39, 0.29) is 16.9 Å². The number of hydrogen-bond donors (Lipinski definition) is 1. The van der Waals surface area contributed by atoms with Crippen molar-refractivity contribution in [3.05, 3.63) is 106 Å². The zero-order valence-corrected chi connectivity index (χ0v) is 18.8. The predicted molar refractivity (Wildman–Crippen MR) is 121 cm³/mol. The summed E-state index contributed by atoms with van der Waals surface area (Å²) in [5.74, 6) is -0.110. The number of halogens is 2. The number of aromatic nitrogens is 4. The minimum absolute atomic E-state index is 0.262. The number of benzene rings is 2. The van der Waals surface area contributed by atoms with Gasteiger partial charge in [-0.05, 0) is 37.1 Å². The molecule has 4 aromatic rings. The monoisotopic (exact) mass is 451 g/mol. The van der Waals surface area contributed by atoms with Crippen molar-refractivity contribution < 1.29 is 9.18 Å². The SMILES string of the molecule is Cc1ccc(Cn2nc(C)c(C(=O)NC(c3ccc(F)cc3)c3nccn3C)c2Cl)cc1. The van der Waals surface area contributed by atoms with E-state index >= 15 is 0 Å². The van der Waals surface area contributed by atoms with Crippen molar-refractivity contribution in [2.75, 3.05) is 0 Å². The van der Waals surface area contributed by atoms with Gasteiger partial charge in [0.25, 0.3) is 5.91 Å². The maximum Gasteiger partial charge on any atom is 0.257 e. The molecule has 0 bridgehead atoms. The second kappa shape index (κ2) is 8.96. The molecule has 0 radical (unpaired) electrons. The third-order valence-electron chi connectivity index (χ3n) is 5.34. The van der Waals surface area contributed by atoms with Gasteiger partial charge in [0.15, 0.2) is 0 Å². The van der Waals surface area contributed by atoms with Crippen molar-refractivity contribution in [1.29, 1.82) is 0 Å². The highest BCUT2D eigenvalue weighted by Gasteiger charge is 2.26. The summed E-state index contributed by atoms with van der Waals surface area (Å²) in [5.41, 5.74) is 3.73. The van der Waals surface area contributed by atoms with Crippen LogP contribution in [0.3, 0.4) is 0 Å². The Bertz CT molecular complexity index is 1240. The van der Waals surface area contributed by atoms with Crippen molar-refractivity contribution in [2.45, 2.75) is 26.4 Å². The molecule has 2 heterocycles. The molecular weight excluding hydrogens is 429 g/mol. The number of rotatable bonds is 6. The average molecular weight is 452 g/mol. The largest absolute Gasteiger partial charge is 0.338 e. The Balaban J connectivity index is 1.64. The van der Waals surface area contributed by atoms with E-state index in [4.69, 9.17) is 11.6 Å². The summed E-state index contributed by atoms with van der Waals surface area (Å²) in [6.07, 6.45) is 3.44. The van der Waals surface area contributed by atoms with Gasteiger partial charge in [-0.15, -0.1) is 0 Å². The first kappa shape index (κ1) is 21.8. The molecule has 6 nitrogen and oxygen atoms in total. The van der Waals surface area contributed by atoms with Crippen molar-refractivity contribution in [1.82, 2.24) is 24.6 Å². The average Bonchev–Trinajstić information content (AvgIpc) is 3.31. The molecule has 1 amide bonds. The molecule has 2 aromatic heterocycles. The van der Waals surface area contributed by atoms with E-state index in [1.165, 1.54) is 12.1 Å². The standard InChI is InChI=1S/C24H23ClFN5O/c1-15-4-6-17(7-5-15)14-31-22(25)20(16(2)29-31)24(32)28-21(23-27-12-13-30(23)3)18-8-10-19(26)11-9-18/h4-13,21H,14H2,1-3H3,(H,28,32). The molecule has 0 fully saturated rings. The second-order valence-electron chi connectivity index (χ2n) is 7.75. The predicted octanol–water partition coefficient (Wildman–Crippen LogP) is 4.59. The van der Waals surface area contributed by atoms with Crippen LogP contribution in [0.15, 0.2) is 60.9 Å². The van der Waals surface area contributed by atoms with Crippen molar-refractivity contribution in [3.8, 4) is 0 Å². The summed E-state index contributed by atoms with van der Waals surface area (Å²) in [6, 6.07) is 13.4. The lowest BCUT2D eigenvalue weighted by Crippen LogP contribution is -2.31. The smallest absolute Gasteiger partial charge is 0.257 e. The quantitative estimate of drug-likeness (QED) is 0.466. The number of carbonyl (C=O) groups excluding carboxylic acids is 1. The van der Waals surface area contributed by atoms with E-state index in [1.54, 1.807) is 36.1 Å². The van der Waals surface area contributed by atoms with Gasteiger partial charge in [-0.1, -0.05) is 53.6 Å². The maximum atomic E-state index is 13.5. The van der Waals surface area contributed by atoms with Crippen LogP contribution < -0.4 is 5.32 Å². The Morgan fingerprint density at radius 2 is 1.81 bits per heavy atom. The van der Waals surface area contributed by atoms with Crippen LogP contribution >= 0.6 is 11.6 Å². The van der Waals surface area contributed by atoms with Gasteiger partial charge in [-0.25, -0.2) is 14.1 Å². The van der Waals surface area contributed by atoms with Gasteiger partial charge < -0.3 is 9.88 Å². The summed E-state index contributed by atoms with van der Waals surface area (Å²) in [7, 11) is 1.84. The van der Waals surface area contributed by atoms with Gasteiger partial charge in [0.2, 0.25) is 0 Å². The van der Waals surface area contributed by atoms with Gasteiger partial charge in [0.05, 0.1) is 17.8 Å². The Labute approximate surface area is 190 Å². The summed E-state index contributed by atoms with van der Waals surface area (Å²) >= 11 is 6.58. The van der Waals surface area contributed by atoms with Crippen LogP contribution in [0, 0.1) is 19.7 Å². The number of amides is 1. The van der Waals surface area contributed by atoms with E-state index in [0.29, 0.717) is 29.2 Å². The van der Waals surface area contributed by atoms with Gasteiger partial charge in [0.1, 0.15) is 22.8 Å². The molecule has 4 rings (SSSR count).